The second-order valence-electron chi connectivity index (χ2n) is 6.39. The fraction of sp³-hybridized carbons (Fsp3) is 0.611. The molecule has 6 heteroatoms. The fourth-order valence-electron chi connectivity index (χ4n) is 3.30. The highest BCUT2D eigenvalue weighted by atomic mass is 127. The molecule has 1 aliphatic carbocycles. The van der Waals surface area contributed by atoms with E-state index >= 15 is 0 Å². The van der Waals surface area contributed by atoms with Crippen LogP contribution in [0.2, 0.25) is 0 Å². The van der Waals surface area contributed by atoms with E-state index in [-0.39, 0.29) is 24.0 Å². The van der Waals surface area contributed by atoms with Crippen molar-refractivity contribution in [3.8, 4) is 0 Å². The van der Waals surface area contributed by atoms with E-state index in [1.165, 1.54) is 36.0 Å². The van der Waals surface area contributed by atoms with Crippen molar-refractivity contribution in [1.29, 1.82) is 0 Å². The number of hydrogen-bond donors (Lipinski definition) is 2. The zero-order valence-electron chi connectivity index (χ0n) is 14.3. The van der Waals surface area contributed by atoms with Gasteiger partial charge in [0.15, 0.2) is 5.96 Å². The number of aryl methyl sites for hydroxylation is 2. The Morgan fingerprint density at radius 2 is 2.00 bits per heavy atom. The number of fused-ring (bicyclic) bond motifs is 1. The van der Waals surface area contributed by atoms with Crippen molar-refractivity contribution >= 4 is 29.9 Å². The highest BCUT2D eigenvalue weighted by molar-refractivity contribution is 14.0. The largest absolute Gasteiger partial charge is 0.379 e. The molecule has 0 amide bonds. The molecule has 1 aromatic rings. The molecule has 3 rings (SSSR count). The molecule has 0 spiro atoms. The predicted octanol–water partition coefficient (Wildman–Crippen LogP) is 1.92. The highest BCUT2D eigenvalue weighted by Gasteiger charge is 2.11. The highest BCUT2D eigenvalue weighted by Crippen LogP contribution is 2.22. The number of benzene rings is 1. The number of nitrogens with zero attached hydrogens (tertiary/aromatic N) is 2. The van der Waals surface area contributed by atoms with Crippen LogP contribution in [-0.2, 0) is 24.1 Å². The van der Waals surface area contributed by atoms with E-state index in [1.54, 1.807) is 0 Å². The molecule has 0 atom stereocenters. The zero-order valence-corrected chi connectivity index (χ0v) is 16.6. The third-order valence-electron chi connectivity index (χ3n) is 4.66. The average Bonchev–Trinajstić information content (AvgIpc) is 3.05. The van der Waals surface area contributed by atoms with Crippen LogP contribution in [0.15, 0.2) is 23.2 Å². The lowest BCUT2D eigenvalue weighted by Gasteiger charge is -2.26. The van der Waals surface area contributed by atoms with Crippen LogP contribution in [0.1, 0.15) is 29.5 Å². The van der Waals surface area contributed by atoms with Crippen LogP contribution in [-0.4, -0.2) is 50.3 Å². The van der Waals surface area contributed by atoms with Crippen LogP contribution >= 0.6 is 24.0 Å². The van der Waals surface area contributed by atoms with Gasteiger partial charge in [-0.15, -0.1) is 24.0 Å². The maximum absolute atomic E-state index is 5.96. The first kappa shape index (κ1) is 19.5. The van der Waals surface area contributed by atoms with Gasteiger partial charge in [-0.2, -0.15) is 0 Å². The van der Waals surface area contributed by atoms with E-state index < -0.39 is 0 Å². The smallest absolute Gasteiger partial charge is 0.188 e. The first-order chi connectivity index (χ1) is 11.3. The summed E-state index contributed by atoms with van der Waals surface area (Å²) in [5.41, 5.74) is 10.2. The summed E-state index contributed by atoms with van der Waals surface area (Å²) < 4.78 is 5.35. The SMILES string of the molecule is I.NC(=NCc1ccc2c(c1)CCC2)NCCCN1CCOCC1. The van der Waals surface area contributed by atoms with Gasteiger partial charge in [0.05, 0.1) is 19.8 Å². The summed E-state index contributed by atoms with van der Waals surface area (Å²) in [4.78, 5) is 6.89. The van der Waals surface area contributed by atoms with E-state index in [4.69, 9.17) is 10.5 Å². The van der Waals surface area contributed by atoms with Gasteiger partial charge in [-0.05, 0) is 48.9 Å². The Hall–Kier alpha value is -0.860. The van der Waals surface area contributed by atoms with Crippen LogP contribution in [0.4, 0.5) is 0 Å². The predicted molar refractivity (Wildman–Crippen MR) is 109 cm³/mol. The summed E-state index contributed by atoms with van der Waals surface area (Å²) in [5.74, 6) is 0.549. The Morgan fingerprint density at radius 1 is 1.21 bits per heavy atom. The van der Waals surface area contributed by atoms with Crippen LogP contribution in [0, 0.1) is 0 Å². The maximum Gasteiger partial charge on any atom is 0.188 e. The number of nitrogens with two attached hydrogens (primary N) is 1. The quantitative estimate of drug-likeness (QED) is 0.305. The number of rotatable bonds is 6. The van der Waals surface area contributed by atoms with Crippen molar-refractivity contribution in [1.82, 2.24) is 10.2 Å². The molecule has 1 fully saturated rings. The van der Waals surface area contributed by atoms with Gasteiger partial charge in [0.1, 0.15) is 0 Å². The minimum atomic E-state index is 0. The Morgan fingerprint density at radius 3 is 2.83 bits per heavy atom. The van der Waals surface area contributed by atoms with Crippen molar-refractivity contribution in [3.63, 3.8) is 0 Å². The molecule has 134 valence electrons. The second kappa shape index (κ2) is 10.2. The van der Waals surface area contributed by atoms with Crippen molar-refractivity contribution in [2.45, 2.75) is 32.2 Å². The van der Waals surface area contributed by atoms with Crippen LogP contribution in [0.25, 0.3) is 0 Å². The van der Waals surface area contributed by atoms with Gasteiger partial charge in [0.25, 0.3) is 0 Å². The van der Waals surface area contributed by atoms with Gasteiger partial charge in [-0.25, -0.2) is 4.99 Å². The van der Waals surface area contributed by atoms with E-state index in [0.717, 1.165) is 45.8 Å². The average molecular weight is 444 g/mol. The normalized spacial score (nSPS) is 18.1. The molecule has 0 radical (unpaired) electrons. The lowest BCUT2D eigenvalue weighted by atomic mass is 10.1. The monoisotopic (exact) mass is 444 g/mol. The molecule has 5 nitrogen and oxygen atoms in total. The second-order valence-corrected chi connectivity index (χ2v) is 6.39. The van der Waals surface area contributed by atoms with Gasteiger partial charge in [0, 0.05) is 19.6 Å². The molecule has 3 N–H and O–H groups in total. The van der Waals surface area contributed by atoms with Gasteiger partial charge < -0.3 is 15.8 Å². The minimum absolute atomic E-state index is 0. The fourth-order valence-corrected chi connectivity index (χ4v) is 3.30. The molecule has 2 aliphatic rings. The molecule has 1 saturated heterocycles. The summed E-state index contributed by atoms with van der Waals surface area (Å²) in [6.45, 7) is 6.43. The summed E-state index contributed by atoms with van der Waals surface area (Å²) in [5, 5.41) is 3.21. The van der Waals surface area contributed by atoms with Crippen LogP contribution in [0.3, 0.4) is 0 Å². The number of aliphatic imine (C=N–C) groups is 1. The number of halogens is 1. The number of guanidine groups is 1. The first-order valence-corrected chi connectivity index (χ1v) is 8.76. The van der Waals surface area contributed by atoms with Gasteiger partial charge in [0.2, 0.25) is 0 Å². The third-order valence-corrected chi connectivity index (χ3v) is 4.66. The van der Waals surface area contributed by atoms with Crippen molar-refractivity contribution in [2.24, 2.45) is 10.7 Å². The van der Waals surface area contributed by atoms with Crippen LogP contribution in [0.5, 0.6) is 0 Å². The van der Waals surface area contributed by atoms with Gasteiger partial charge in [-0.1, -0.05) is 18.2 Å². The molecule has 1 aromatic carbocycles. The van der Waals surface area contributed by atoms with Crippen molar-refractivity contribution in [3.05, 3.63) is 34.9 Å². The lowest BCUT2D eigenvalue weighted by molar-refractivity contribution is 0.0376. The number of ether oxygens (including phenoxy) is 1. The Kier molecular flexibility index (Phi) is 8.28. The van der Waals surface area contributed by atoms with Crippen LogP contribution < -0.4 is 11.1 Å². The van der Waals surface area contributed by atoms with E-state index in [9.17, 15) is 0 Å². The molecule has 1 aliphatic heterocycles. The molecular weight excluding hydrogens is 415 g/mol. The zero-order chi connectivity index (χ0) is 15.9. The minimum Gasteiger partial charge on any atom is -0.379 e. The standard InChI is InChI=1S/C18H28N4O.HI/c19-18(20-7-2-8-22-9-11-23-12-10-22)21-14-15-5-6-16-3-1-4-17(16)13-15;/h5-6,13H,1-4,7-12,14H2,(H3,19,20,21);1H. The molecule has 0 bridgehead atoms. The molecule has 0 aromatic heterocycles. The number of hydrogen-bond acceptors (Lipinski definition) is 3. The molecular formula is C18H29IN4O. The summed E-state index contributed by atoms with van der Waals surface area (Å²) in [6.07, 6.45) is 4.80. The molecule has 0 saturated carbocycles. The number of nitrogens with one attached hydrogen (secondary N) is 1. The third kappa shape index (κ3) is 5.89. The Bertz CT molecular complexity index is 544. The van der Waals surface area contributed by atoms with E-state index in [1.807, 2.05) is 0 Å². The van der Waals surface area contributed by atoms with E-state index in [2.05, 4.69) is 33.4 Å². The topological polar surface area (TPSA) is 62.9 Å². The summed E-state index contributed by atoms with van der Waals surface area (Å²) in [6, 6.07) is 6.72. The van der Waals surface area contributed by atoms with Gasteiger partial charge >= 0.3 is 0 Å². The molecule has 1 heterocycles. The molecule has 24 heavy (non-hydrogen) atoms. The summed E-state index contributed by atoms with van der Waals surface area (Å²) in [7, 11) is 0. The maximum atomic E-state index is 5.96. The molecule has 0 unspecified atom stereocenters. The first-order valence-electron chi connectivity index (χ1n) is 8.76. The van der Waals surface area contributed by atoms with Gasteiger partial charge in [-0.3, -0.25) is 4.90 Å². The number of morpholine rings is 1. The lowest BCUT2D eigenvalue weighted by Crippen LogP contribution is -2.39. The Balaban J connectivity index is 0.00000208. The van der Waals surface area contributed by atoms with E-state index in [0.29, 0.717) is 12.5 Å². The Labute approximate surface area is 162 Å². The van der Waals surface area contributed by atoms with Crippen molar-refractivity contribution < 1.29 is 4.74 Å². The van der Waals surface area contributed by atoms with Crippen molar-refractivity contribution in [2.75, 3.05) is 39.4 Å². The summed E-state index contributed by atoms with van der Waals surface area (Å²) >= 11 is 0.